The van der Waals surface area contributed by atoms with Crippen LogP contribution in [0.5, 0.6) is 5.48 Å². The van der Waals surface area contributed by atoms with Gasteiger partial charge in [-0.05, 0) is 58.7 Å². The standard InChI is InChI=1S/C29H30NO3PSSi/c1-29(2,3)36(26-15-9-5-10-16-26,27-17-11-6-12-18-27)33-28-19-23-20-30(21-24(23)22-34-28)35(31,32)25-13-7-4-8-14-25/h4-19,22H,20-21H2,1-3H3. The molecule has 2 heterocycles. The molecule has 4 nitrogen and oxygen atoms in total. The smallest absolute Gasteiger partial charge is 0.320 e. The molecular weight excluding hydrogens is 501 g/mol. The summed E-state index contributed by atoms with van der Waals surface area (Å²) in [5, 5.41) is 2.30. The van der Waals surface area contributed by atoms with Crippen molar-refractivity contribution < 1.29 is 12.8 Å². The number of hydrogen-bond acceptors (Lipinski definition) is 3. The third-order valence-electron chi connectivity index (χ3n) is 6.81. The van der Waals surface area contributed by atoms with Gasteiger partial charge in [-0.25, -0.2) is 8.42 Å². The predicted molar refractivity (Wildman–Crippen MR) is 150 cm³/mol. The average Bonchev–Trinajstić information content (AvgIpc) is 3.32. The highest BCUT2D eigenvalue weighted by Crippen LogP contribution is 2.42. The molecule has 0 N–H and O–H groups in total. The Morgan fingerprint density at radius 3 is 1.81 bits per heavy atom. The van der Waals surface area contributed by atoms with E-state index in [4.69, 9.17) is 4.43 Å². The van der Waals surface area contributed by atoms with Crippen molar-refractivity contribution >= 4 is 36.9 Å². The Morgan fingerprint density at radius 1 is 0.778 bits per heavy atom. The van der Waals surface area contributed by atoms with E-state index in [1.165, 1.54) is 10.4 Å². The Hall–Kier alpha value is -2.76. The van der Waals surface area contributed by atoms with E-state index in [2.05, 4.69) is 81.2 Å². The maximum absolute atomic E-state index is 13.2. The molecule has 0 fully saturated rings. The Bertz CT molecular complexity index is 1420. The lowest BCUT2D eigenvalue weighted by Crippen LogP contribution is -2.68. The second-order valence-corrected chi connectivity index (χ2v) is 17.3. The van der Waals surface area contributed by atoms with Crippen LogP contribution in [0.15, 0.2) is 108 Å². The zero-order chi connectivity index (χ0) is 25.4. The van der Waals surface area contributed by atoms with Gasteiger partial charge in [-0.1, -0.05) is 99.6 Å². The van der Waals surface area contributed by atoms with Crippen molar-refractivity contribution in [3.8, 4) is 5.48 Å². The van der Waals surface area contributed by atoms with Gasteiger partial charge >= 0.3 is 8.32 Å². The van der Waals surface area contributed by atoms with Gasteiger partial charge in [0.2, 0.25) is 10.0 Å². The Labute approximate surface area is 216 Å². The summed E-state index contributed by atoms with van der Waals surface area (Å²) in [5.41, 5.74) is 2.95. The van der Waals surface area contributed by atoms with Gasteiger partial charge in [0.15, 0.2) is 0 Å². The van der Waals surface area contributed by atoms with Crippen molar-refractivity contribution in [1.29, 1.82) is 0 Å². The first-order valence-corrected chi connectivity index (χ1v) is 16.4. The highest BCUT2D eigenvalue weighted by Gasteiger charge is 2.52. The van der Waals surface area contributed by atoms with Crippen LogP contribution in [-0.2, 0) is 23.1 Å². The molecule has 1 aliphatic rings. The van der Waals surface area contributed by atoms with Crippen LogP contribution in [0.3, 0.4) is 0 Å². The monoisotopic (exact) mass is 531 g/mol. The molecule has 0 saturated heterocycles. The third-order valence-corrected chi connectivity index (χ3v) is 14.6. The van der Waals surface area contributed by atoms with Gasteiger partial charge in [-0.3, -0.25) is 0 Å². The number of hydrogen-bond donors (Lipinski definition) is 0. The lowest BCUT2D eigenvalue weighted by Gasteiger charge is -2.42. The van der Waals surface area contributed by atoms with E-state index in [-0.39, 0.29) is 5.04 Å². The van der Waals surface area contributed by atoms with E-state index in [9.17, 15) is 8.42 Å². The molecule has 184 valence electrons. The molecule has 3 aromatic carbocycles. The van der Waals surface area contributed by atoms with Crippen molar-refractivity contribution in [3.05, 3.63) is 114 Å². The molecular formula is C29H30NO3PSSi. The molecule has 0 saturated carbocycles. The molecule has 0 aliphatic carbocycles. The van der Waals surface area contributed by atoms with E-state index in [1.54, 1.807) is 28.6 Å². The highest BCUT2D eigenvalue weighted by atomic mass is 32.2. The third kappa shape index (κ3) is 4.44. The Kier molecular flexibility index (Phi) is 6.64. The summed E-state index contributed by atoms with van der Waals surface area (Å²) in [6, 6.07) is 31.9. The predicted octanol–water partition coefficient (Wildman–Crippen LogP) is 5.91. The highest BCUT2D eigenvalue weighted by molar-refractivity contribution is 7.89. The number of fused-ring (bicyclic) bond motifs is 1. The van der Waals surface area contributed by atoms with Crippen LogP contribution in [0.1, 0.15) is 31.9 Å². The van der Waals surface area contributed by atoms with Gasteiger partial charge in [0.1, 0.15) is 5.48 Å². The topological polar surface area (TPSA) is 46.6 Å². The lowest BCUT2D eigenvalue weighted by atomic mass is 10.2. The fraction of sp³-hybridized carbons (Fsp3) is 0.207. The molecule has 1 aliphatic heterocycles. The summed E-state index contributed by atoms with van der Waals surface area (Å²) in [6.07, 6.45) is 0. The minimum atomic E-state index is -3.55. The Morgan fingerprint density at radius 2 is 1.28 bits per heavy atom. The van der Waals surface area contributed by atoms with Crippen LogP contribution < -0.4 is 14.8 Å². The summed E-state index contributed by atoms with van der Waals surface area (Å²) in [6.45, 7) is 7.53. The molecule has 0 unspecified atom stereocenters. The van der Waals surface area contributed by atoms with Crippen molar-refractivity contribution in [1.82, 2.24) is 4.31 Å². The van der Waals surface area contributed by atoms with E-state index >= 15 is 0 Å². The molecule has 0 amide bonds. The van der Waals surface area contributed by atoms with Gasteiger partial charge in [-0.2, -0.15) is 4.31 Å². The van der Waals surface area contributed by atoms with Gasteiger partial charge in [-0.15, -0.1) is 0 Å². The molecule has 0 bridgehead atoms. The fourth-order valence-electron chi connectivity index (χ4n) is 5.00. The second-order valence-electron chi connectivity index (χ2n) is 10.1. The largest absolute Gasteiger partial charge is 0.531 e. The quantitative estimate of drug-likeness (QED) is 0.291. The van der Waals surface area contributed by atoms with Crippen molar-refractivity contribution in [3.63, 3.8) is 0 Å². The number of sulfonamides is 1. The van der Waals surface area contributed by atoms with E-state index < -0.39 is 18.3 Å². The van der Waals surface area contributed by atoms with Crippen LogP contribution in [0.25, 0.3) is 0 Å². The van der Waals surface area contributed by atoms with Gasteiger partial charge in [0.05, 0.1) is 4.90 Å². The Balaban J connectivity index is 1.54. The van der Waals surface area contributed by atoms with E-state index in [1.807, 2.05) is 18.2 Å². The van der Waals surface area contributed by atoms with Crippen molar-refractivity contribution in [2.45, 2.75) is 43.8 Å². The molecule has 1 aromatic heterocycles. The van der Waals surface area contributed by atoms with E-state index in [0.717, 1.165) is 24.8 Å². The zero-order valence-electron chi connectivity index (χ0n) is 20.8. The van der Waals surface area contributed by atoms with Crippen LogP contribution in [0, 0.1) is 0 Å². The average molecular weight is 532 g/mol. The first-order chi connectivity index (χ1) is 17.2. The van der Waals surface area contributed by atoms with Gasteiger partial charge in [0.25, 0.3) is 0 Å². The minimum Gasteiger partial charge on any atom is -0.531 e. The molecule has 5 rings (SSSR count). The van der Waals surface area contributed by atoms with Crippen molar-refractivity contribution in [2.24, 2.45) is 0 Å². The summed E-state index contributed by atoms with van der Waals surface area (Å²) < 4.78 is 35.2. The summed E-state index contributed by atoms with van der Waals surface area (Å²) in [4.78, 5) is 0.329. The van der Waals surface area contributed by atoms with Crippen LogP contribution in [0.4, 0.5) is 0 Å². The lowest BCUT2D eigenvalue weighted by molar-refractivity contribution is 0.431. The first-order valence-electron chi connectivity index (χ1n) is 12.0. The van der Waals surface area contributed by atoms with Crippen LogP contribution in [-0.4, -0.2) is 21.0 Å². The number of rotatable bonds is 6. The normalized spacial score (nSPS) is 14.6. The maximum Gasteiger partial charge on any atom is 0.320 e. The minimum absolute atomic E-state index is 0.140. The van der Waals surface area contributed by atoms with Crippen molar-refractivity contribution in [2.75, 3.05) is 0 Å². The molecule has 0 spiro atoms. The number of benzene rings is 3. The van der Waals surface area contributed by atoms with Crippen LogP contribution >= 0.6 is 8.19 Å². The number of nitrogens with zero attached hydrogens (tertiary/aromatic N) is 1. The zero-order valence-corrected chi connectivity index (χ0v) is 23.5. The van der Waals surface area contributed by atoms with Gasteiger partial charge < -0.3 is 4.43 Å². The summed E-state index contributed by atoms with van der Waals surface area (Å²) in [5.74, 6) is 2.11. The second kappa shape index (κ2) is 9.60. The molecule has 0 atom stereocenters. The van der Waals surface area contributed by atoms with Gasteiger partial charge in [0, 0.05) is 13.1 Å². The summed E-state index contributed by atoms with van der Waals surface area (Å²) >= 11 is 0. The molecule has 0 radical (unpaired) electrons. The first kappa shape index (κ1) is 24.9. The summed E-state index contributed by atoms with van der Waals surface area (Å²) in [7, 11) is -5.33. The molecule has 36 heavy (non-hydrogen) atoms. The molecule has 7 heteroatoms. The maximum atomic E-state index is 13.2. The SMILES string of the molecule is CC(C)(C)[Si](Oc1cc2c(cp1)CN(S(=O)(=O)c1ccccc1)C2)(c1ccccc1)c1ccccc1. The van der Waals surface area contributed by atoms with E-state index in [0.29, 0.717) is 18.0 Å². The fourth-order valence-corrected chi connectivity index (χ4v) is 12.1. The molecule has 4 aromatic rings. The van der Waals surface area contributed by atoms with Crippen LogP contribution in [0.2, 0.25) is 5.04 Å².